The first-order valence-corrected chi connectivity index (χ1v) is 17.8. The van der Waals surface area contributed by atoms with Crippen LogP contribution in [-0.4, -0.2) is 65.4 Å². The predicted molar refractivity (Wildman–Crippen MR) is 188 cm³/mol. The van der Waals surface area contributed by atoms with Crippen molar-refractivity contribution >= 4 is 27.7 Å². The highest BCUT2D eigenvalue weighted by Crippen LogP contribution is 2.30. The van der Waals surface area contributed by atoms with Gasteiger partial charge in [0.15, 0.2) is 0 Å². The number of aryl methyl sites for hydroxylation is 2. The number of nitrogens with zero attached hydrogens (tertiary/aromatic N) is 6. The number of aromatic nitrogens is 4. The Labute approximate surface area is 283 Å². The molecule has 0 saturated heterocycles. The van der Waals surface area contributed by atoms with E-state index in [-0.39, 0.29) is 41.3 Å². The van der Waals surface area contributed by atoms with Crippen LogP contribution in [-0.2, 0) is 16.6 Å². The Morgan fingerprint density at radius 2 is 1.71 bits per heavy atom. The van der Waals surface area contributed by atoms with E-state index in [0.29, 0.717) is 35.5 Å². The van der Waals surface area contributed by atoms with Gasteiger partial charge in [-0.05, 0) is 67.9 Å². The minimum Gasteiger partial charge on any atom is -0.475 e. The highest BCUT2D eigenvalue weighted by atomic mass is 32.2. The summed E-state index contributed by atoms with van der Waals surface area (Å²) >= 11 is 0. The molecule has 1 amide bonds. The second-order valence-electron chi connectivity index (χ2n) is 13.3. The molecule has 1 aliphatic heterocycles. The lowest BCUT2D eigenvalue weighted by Crippen LogP contribution is -2.44. The zero-order chi connectivity index (χ0) is 34.6. The topological polar surface area (TPSA) is 131 Å². The molecule has 254 valence electrons. The molecule has 5 rings (SSSR count). The summed E-state index contributed by atoms with van der Waals surface area (Å²) in [6.07, 6.45) is 4.86. The normalized spacial score (nSPS) is 16.1. The highest BCUT2D eigenvalue weighted by molar-refractivity contribution is 7.92. The van der Waals surface area contributed by atoms with Gasteiger partial charge in [0.1, 0.15) is 12.4 Å². The van der Waals surface area contributed by atoms with E-state index in [9.17, 15) is 13.2 Å². The van der Waals surface area contributed by atoms with Crippen molar-refractivity contribution in [3.05, 3.63) is 83.3 Å². The van der Waals surface area contributed by atoms with Gasteiger partial charge >= 0.3 is 0 Å². The zero-order valence-corrected chi connectivity index (χ0v) is 29.6. The van der Waals surface area contributed by atoms with Crippen molar-refractivity contribution in [2.24, 2.45) is 11.8 Å². The average Bonchev–Trinajstić information content (AvgIpc) is 3.03. The summed E-state index contributed by atoms with van der Waals surface area (Å²) in [5.74, 6) is 1.26. The second-order valence-corrected chi connectivity index (χ2v) is 15.0. The molecule has 0 saturated carbocycles. The molecule has 11 nitrogen and oxygen atoms in total. The number of carbonyl (C=O) groups is 1. The number of sulfonamides is 1. The van der Waals surface area contributed by atoms with Crippen LogP contribution in [0.4, 0.5) is 11.8 Å². The molecule has 2 aromatic carbocycles. The SMILES string of the molecule is Cc1cccc(C)c1-c1cc2nc(n1)NS(=O)(=O)c1cccc(c1)C(=O)N(Cc1cncc(N(C)CC(C)C)n1)[C@H](CCC(C)C)CO2. The number of amides is 1. The molecule has 1 N–H and O–H groups in total. The number of benzene rings is 2. The second kappa shape index (κ2) is 14.7. The number of hydrogen-bond acceptors (Lipinski definition) is 9. The molecular formula is C36H45N7O4S. The van der Waals surface area contributed by atoms with Crippen molar-refractivity contribution in [3.63, 3.8) is 0 Å². The lowest BCUT2D eigenvalue weighted by molar-refractivity contribution is 0.0561. The monoisotopic (exact) mass is 671 g/mol. The van der Waals surface area contributed by atoms with Gasteiger partial charge in [-0.15, -0.1) is 0 Å². The third-order valence-corrected chi connectivity index (χ3v) is 9.62. The number of carbonyl (C=O) groups excluding carboxylic acids is 1. The molecule has 12 heteroatoms. The molecule has 0 unspecified atom stereocenters. The van der Waals surface area contributed by atoms with Gasteiger partial charge in [-0.25, -0.2) is 23.1 Å². The van der Waals surface area contributed by atoms with Gasteiger partial charge in [0.25, 0.3) is 15.9 Å². The van der Waals surface area contributed by atoms with Crippen molar-refractivity contribution in [3.8, 4) is 17.1 Å². The van der Waals surface area contributed by atoms with E-state index in [1.165, 1.54) is 12.1 Å². The van der Waals surface area contributed by atoms with Gasteiger partial charge in [-0.1, -0.05) is 52.0 Å². The third kappa shape index (κ3) is 8.28. The fraction of sp³-hybridized carbons (Fsp3) is 0.417. The van der Waals surface area contributed by atoms with E-state index in [2.05, 4.69) is 47.4 Å². The molecule has 2 aromatic heterocycles. The van der Waals surface area contributed by atoms with Crippen LogP contribution in [0.5, 0.6) is 5.88 Å². The fourth-order valence-corrected chi connectivity index (χ4v) is 6.90. The van der Waals surface area contributed by atoms with Crippen molar-refractivity contribution in [1.29, 1.82) is 0 Å². The maximum Gasteiger partial charge on any atom is 0.264 e. The van der Waals surface area contributed by atoms with Gasteiger partial charge in [-0.3, -0.25) is 9.78 Å². The summed E-state index contributed by atoms with van der Waals surface area (Å²) in [5.41, 5.74) is 4.20. The summed E-state index contributed by atoms with van der Waals surface area (Å²) in [6.45, 7) is 13.6. The minimum absolute atomic E-state index is 0.0769. The Kier molecular flexibility index (Phi) is 10.6. The minimum atomic E-state index is -4.17. The number of anilines is 2. The Hall–Kier alpha value is -4.58. The highest BCUT2D eigenvalue weighted by Gasteiger charge is 2.29. The molecule has 4 aromatic rings. The van der Waals surface area contributed by atoms with Crippen molar-refractivity contribution in [2.75, 3.05) is 29.8 Å². The lowest BCUT2D eigenvalue weighted by Gasteiger charge is -2.32. The molecule has 1 aliphatic rings. The van der Waals surface area contributed by atoms with Crippen molar-refractivity contribution in [1.82, 2.24) is 24.8 Å². The molecule has 0 spiro atoms. The number of nitrogens with one attached hydrogen (secondary N) is 1. The number of rotatable bonds is 9. The van der Waals surface area contributed by atoms with E-state index >= 15 is 0 Å². The van der Waals surface area contributed by atoms with Crippen LogP contribution in [0.1, 0.15) is 67.7 Å². The smallest absolute Gasteiger partial charge is 0.264 e. The Bertz CT molecular complexity index is 1860. The fourth-order valence-electron chi connectivity index (χ4n) is 5.91. The Balaban J connectivity index is 1.63. The first-order valence-electron chi connectivity index (χ1n) is 16.3. The summed E-state index contributed by atoms with van der Waals surface area (Å²) in [6, 6.07) is 13.3. The van der Waals surface area contributed by atoms with Crippen LogP contribution in [0.2, 0.25) is 0 Å². The summed E-state index contributed by atoms with van der Waals surface area (Å²) in [5, 5.41) is 0. The summed E-state index contributed by atoms with van der Waals surface area (Å²) in [4.78, 5) is 36.5. The first kappa shape index (κ1) is 34.7. The summed E-state index contributed by atoms with van der Waals surface area (Å²) in [7, 11) is -2.19. The first-order chi connectivity index (χ1) is 22.8. The number of hydrogen-bond donors (Lipinski definition) is 1. The quantitative estimate of drug-likeness (QED) is 0.218. The van der Waals surface area contributed by atoms with E-state index in [1.807, 2.05) is 44.0 Å². The molecule has 0 aliphatic carbocycles. The standard InChI is InChI=1S/C36H45N7O4S/c1-23(2)14-15-29-22-47-33-17-31(34-25(5)10-8-11-26(34)6)39-36(40-33)41-48(45,46)30-13-9-12-27(16-30)35(44)43(29)21-28-18-37-19-32(38-28)42(7)20-24(3)4/h8-13,16-19,23-24,29H,14-15,20-22H2,1-7H3,(H,39,40,41)/t29-/m1/s1. The number of ether oxygens (including phenoxy) is 1. The van der Waals surface area contributed by atoms with Crippen LogP contribution >= 0.6 is 0 Å². The lowest BCUT2D eigenvalue weighted by atomic mass is 10.00. The molecule has 1 atom stereocenters. The van der Waals surface area contributed by atoms with Gasteiger partial charge < -0.3 is 14.5 Å². The molecule has 0 radical (unpaired) electrons. The van der Waals surface area contributed by atoms with Crippen LogP contribution < -0.4 is 14.4 Å². The van der Waals surface area contributed by atoms with Crippen LogP contribution in [0, 0.1) is 25.7 Å². The zero-order valence-electron chi connectivity index (χ0n) is 28.8. The largest absolute Gasteiger partial charge is 0.475 e. The molecule has 3 heterocycles. The van der Waals surface area contributed by atoms with Crippen LogP contribution in [0.25, 0.3) is 11.3 Å². The molecule has 48 heavy (non-hydrogen) atoms. The Morgan fingerprint density at radius 1 is 0.979 bits per heavy atom. The van der Waals surface area contributed by atoms with Gasteiger partial charge in [-0.2, -0.15) is 4.98 Å². The maximum atomic E-state index is 14.4. The summed E-state index contributed by atoms with van der Waals surface area (Å²) < 4.78 is 36.2. The predicted octanol–water partition coefficient (Wildman–Crippen LogP) is 6.28. The molecular weight excluding hydrogens is 627 g/mol. The molecule has 4 bridgehead atoms. The van der Waals surface area contributed by atoms with Gasteiger partial charge in [0.2, 0.25) is 11.8 Å². The van der Waals surface area contributed by atoms with Gasteiger partial charge in [0, 0.05) is 30.8 Å². The van der Waals surface area contributed by atoms with Gasteiger partial charge in [0.05, 0.1) is 41.3 Å². The van der Waals surface area contributed by atoms with Crippen LogP contribution in [0.15, 0.2) is 65.8 Å². The van der Waals surface area contributed by atoms with Crippen molar-refractivity contribution < 1.29 is 17.9 Å². The Morgan fingerprint density at radius 3 is 2.42 bits per heavy atom. The van der Waals surface area contributed by atoms with Crippen LogP contribution in [0.3, 0.4) is 0 Å². The van der Waals surface area contributed by atoms with E-state index in [1.54, 1.807) is 35.5 Å². The van der Waals surface area contributed by atoms with E-state index in [4.69, 9.17) is 9.72 Å². The average molecular weight is 672 g/mol. The van der Waals surface area contributed by atoms with Crippen molar-refractivity contribution in [2.45, 2.75) is 71.9 Å². The number of fused-ring (bicyclic) bond motifs is 4. The third-order valence-electron chi connectivity index (χ3n) is 8.29. The van der Waals surface area contributed by atoms with E-state index < -0.39 is 16.1 Å². The molecule has 0 fully saturated rings. The maximum absolute atomic E-state index is 14.4. The van der Waals surface area contributed by atoms with E-state index in [0.717, 1.165) is 29.7 Å².